The Labute approximate surface area is 117 Å². The quantitative estimate of drug-likeness (QED) is 0.795. The minimum atomic E-state index is 0.239. The SMILES string of the molecule is CCCNC(c1ccc(OC(C)C)cc1)C1CC1C. The first-order valence-corrected chi connectivity index (χ1v) is 7.61. The minimum absolute atomic E-state index is 0.239. The fourth-order valence-electron chi connectivity index (χ4n) is 2.66. The van der Waals surface area contributed by atoms with Crippen LogP contribution in [0.2, 0.25) is 0 Å². The highest BCUT2D eigenvalue weighted by Crippen LogP contribution is 2.47. The smallest absolute Gasteiger partial charge is 0.119 e. The third-order valence-corrected chi connectivity index (χ3v) is 3.83. The van der Waals surface area contributed by atoms with Crippen molar-refractivity contribution in [3.05, 3.63) is 29.8 Å². The van der Waals surface area contributed by atoms with Crippen molar-refractivity contribution in [2.45, 2.75) is 52.7 Å². The maximum atomic E-state index is 5.71. The molecule has 0 radical (unpaired) electrons. The predicted molar refractivity (Wildman–Crippen MR) is 80.5 cm³/mol. The van der Waals surface area contributed by atoms with Gasteiger partial charge in [0.15, 0.2) is 0 Å². The Hall–Kier alpha value is -1.02. The molecular formula is C17H27NO. The molecule has 106 valence electrons. The number of ether oxygens (including phenoxy) is 1. The van der Waals surface area contributed by atoms with Gasteiger partial charge in [-0.05, 0) is 62.8 Å². The molecule has 1 aliphatic rings. The molecule has 0 bridgehead atoms. The number of rotatable bonds is 7. The molecule has 0 spiro atoms. The molecule has 0 amide bonds. The number of hydrogen-bond acceptors (Lipinski definition) is 2. The second kappa shape index (κ2) is 6.42. The van der Waals surface area contributed by atoms with Crippen LogP contribution in [0.1, 0.15) is 52.1 Å². The molecule has 2 heteroatoms. The predicted octanol–water partition coefficient (Wildman–Crippen LogP) is 4.17. The van der Waals surface area contributed by atoms with Crippen molar-refractivity contribution in [1.29, 1.82) is 0 Å². The van der Waals surface area contributed by atoms with Gasteiger partial charge in [-0.25, -0.2) is 0 Å². The molecule has 0 heterocycles. The molecule has 0 saturated heterocycles. The van der Waals surface area contributed by atoms with E-state index < -0.39 is 0 Å². The molecule has 2 nitrogen and oxygen atoms in total. The second-order valence-electron chi connectivity index (χ2n) is 6.04. The monoisotopic (exact) mass is 261 g/mol. The molecular weight excluding hydrogens is 234 g/mol. The normalized spacial score (nSPS) is 23.4. The van der Waals surface area contributed by atoms with Crippen LogP contribution in [-0.2, 0) is 0 Å². The molecule has 1 fully saturated rings. The highest BCUT2D eigenvalue weighted by atomic mass is 16.5. The Morgan fingerprint density at radius 1 is 1.26 bits per heavy atom. The molecule has 2 rings (SSSR count). The van der Waals surface area contributed by atoms with Crippen LogP contribution in [0.15, 0.2) is 24.3 Å². The van der Waals surface area contributed by atoms with Crippen LogP contribution in [0.5, 0.6) is 5.75 Å². The summed E-state index contributed by atoms with van der Waals surface area (Å²) in [4.78, 5) is 0. The first kappa shape index (κ1) is 14.4. The van der Waals surface area contributed by atoms with Crippen molar-refractivity contribution in [2.24, 2.45) is 11.8 Å². The maximum Gasteiger partial charge on any atom is 0.119 e. The van der Waals surface area contributed by atoms with Gasteiger partial charge in [0.1, 0.15) is 5.75 Å². The van der Waals surface area contributed by atoms with E-state index in [4.69, 9.17) is 4.74 Å². The van der Waals surface area contributed by atoms with Gasteiger partial charge in [-0.2, -0.15) is 0 Å². The zero-order valence-corrected chi connectivity index (χ0v) is 12.6. The van der Waals surface area contributed by atoms with E-state index in [0.29, 0.717) is 6.04 Å². The zero-order chi connectivity index (χ0) is 13.8. The van der Waals surface area contributed by atoms with Gasteiger partial charge in [-0.15, -0.1) is 0 Å². The van der Waals surface area contributed by atoms with Crippen molar-refractivity contribution in [3.8, 4) is 5.75 Å². The van der Waals surface area contributed by atoms with Gasteiger partial charge >= 0.3 is 0 Å². The number of nitrogens with one attached hydrogen (secondary N) is 1. The van der Waals surface area contributed by atoms with Gasteiger partial charge in [0.2, 0.25) is 0 Å². The van der Waals surface area contributed by atoms with Crippen molar-refractivity contribution >= 4 is 0 Å². The van der Waals surface area contributed by atoms with Crippen LogP contribution in [0.3, 0.4) is 0 Å². The van der Waals surface area contributed by atoms with E-state index in [1.54, 1.807) is 0 Å². The summed E-state index contributed by atoms with van der Waals surface area (Å²) in [5, 5.41) is 3.70. The molecule has 0 aromatic heterocycles. The van der Waals surface area contributed by atoms with Crippen LogP contribution in [0.25, 0.3) is 0 Å². The Kier molecular flexibility index (Phi) is 4.87. The Bertz CT molecular complexity index is 385. The van der Waals surface area contributed by atoms with Crippen molar-refractivity contribution in [2.75, 3.05) is 6.54 Å². The van der Waals surface area contributed by atoms with Crippen LogP contribution >= 0.6 is 0 Å². The molecule has 1 aromatic carbocycles. The Balaban J connectivity index is 2.04. The lowest BCUT2D eigenvalue weighted by molar-refractivity contribution is 0.242. The fourth-order valence-corrected chi connectivity index (χ4v) is 2.66. The topological polar surface area (TPSA) is 21.3 Å². The van der Waals surface area contributed by atoms with E-state index in [1.165, 1.54) is 18.4 Å². The molecule has 1 saturated carbocycles. The molecule has 1 N–H and O–H groups in total. The van der Waals surface area contributed by atoms with Crippen molar-refractivity contribution in [1.82, 2.24) is 5.32 Å². The zero-order valence-electron chi connectivity index (χ0n) is 12.6. The van der Waals surface area contributed by atoms with Gasteiger partial charge < -0.3 is 10.1 Å². The van der Waals surface area contributed by atoms with E-state index in [0.717, 1.165) is 24.1 Å². The minimum Gasteiger partial charge on any atom is -0.491 e. The largest absolute Gasteiger partial charge is 0.491 e. The van der Waals surface area contributed by atoms with Crippen molar-refractivity contribution < 1.29 is 4.74 Å². The molecule has 1 aromatic rings. The highest BCUT2D eigenvalue weighted by Gasteiger charge is 2.39. The third kappa shape index (κ3) is 3.97. The van der Waals surface area contributed by atoms with E-state index in [2.05, 4.69) is 57.3 Å². The number of hydrogen-bond donors (Lipinski definition) is 1. The summed E-state index contributed by atoms with van der Waals surface area (Å²) in [5.74, 6) is 2.64. The van der Waals surface area contributed by atoms with Gasteiger partial charge in [0.25, 0.3) is 0 Å². The summed E-state index contributed by atoms with van der Waals surface area (Å²) in [6.45, 7) is 9.79. The first-order valence-electron chi connectivity index (χ1n) is 7.61. The second-order valence-corrected chi connectivity index (χ2v) is 6.04. The van der Waals surface area contributed by atoms with Gasteiger partial charge in [-0.3, -0.25) is 0 Å². The average Bonchev–Trinajstić information content (AvgIpc) is 3.08. The average molecular weight is 261 g/mol. The summed E-state index contributed by atoms with van der Waals surface area (Å²) >= 11 is 0. The van der Waals surface area contributed by atoms with Crippen LogP contribution < -0.4 is 10.1 Å². The Morgan fingerprint density at radius 2 is 1.89 bits per heavy atom. The Morgan fingerprint density at radius 3 is 2.37 bits per heavy atom. The van der Waals surface area contributed by atoms with E-state index in [1.807, 2.05) is 0 Å². The van der Waals surface area contributed by atoms with E-state index in [9.17, 15) is 0 Å². The van der Waals surface area contributed by atoms with Crippen LogP contribution in [0.4, 0.5) is 0 Å². The van der Waals surface area contributed by atoms with E-state index in [-0.39, 0.29) is 6.10 Å². The van der Waals surface area contributed by atoms with Crippen LogP contribution in [0, 0.1) is 11.8 Å². The maximum absolute atomic E-state index is 5.71. The molecule has 1 aliphatic carbocycles. The number of benzene rings is 1. The van der Waals surface area contributed by atoms with Gasteiger partial charge in [0.05, 0.1) is 6.10 Å². The summed E-state index contributed by atoms with van der Waals surface area (Å²) in [7, 11) is 0. The standard InChI is InChI=1S/C17H27NO/c1-5-10-18-17(16-11-13(16)4)14-6-8-15(9-7-14)19-12(2)3/h6-9,12-13,16-18H,5,10-11H2,1-4H3. The third-order valence-electron chi connectivity index (χ3n) is 3.83. The van der Waals surface area contributed by atoms with E-state index >= 15 is 0 Å². The summed E-state index contributed by atoms with van der Waals surface area (Å²) in [5.41, 5.74) is 1.40. The molecule has 3 unspecified atom stereocenters. The summed E-state index contributed by atoms with van der Waals surface area (Å²) in [6.07, 6.45) is 2.78. The molecule has 3 atom stereocenters. The summed E-state index contributed by atoms with van der Waals surface area (Å²) < 4.78 is 5.71. The van der Waals surface area contributed by atoms with Crippen molar-refractivity contribution in [3.63, 3.8) is 0 Å². The molecule has 0 aliphatic heterocycles. The fraction of sp³-hybridized carbons (Fsp3) is 0.647. The van der Waals surface area contributed by atoms with Crippen LogP contribution in [-0.4, -0.2) is 12.6 Å². The lowest BCUT2D eigenvalue weighted by Gasteiger charge is -2.20. The molecule has 19 heavy (non-hydrogen) atoms. The van der Waals surface area contributed by atoms with Gasteiger partial charge in [0, 0.05) is 6.04 Å². The first-order chi connectivity index (χ1) is 9.11. The van der Waals surface area contributed by atoms with Gasteiger partial charge in [-0.1, -0.05) is 26.0 Å². The lowest BCUT2D eigenvalue weighted by Crippen LogP contribution is -2.24. The highest BCUT2D eigenvalue weighted by molar-refractivity contribution is 5.30. The lowest BCUT2D eigenvalue weighted by atomic mass is 10.0. The summed E-state index contributed by atoms with van der Waals surface area (Å²) in [6, 6.07) is 9.15.